The predicted molar refractivity (Wildman–Crippen MR) is 140 cm³/mol. The van der Waals surface area contributed by atoms with Gasteiger partial charge in [-0.3, -0.25) is 9.89 Å². The molecule has 0 spiro atoms. The van der Waals surface area contributed by atoms with Crippen molar-refractivity contribution >= 4 is 29.9 Å². The second-order valence-corrected chi connectivity index (χ2v) is 7.49. The van der Waals surface area contributed by atoms with Gasteiger partial charge in [0.25, 0.3) is 0 Å². The normalized spacial score (nSPS) is 14.9. The van der Waals surface area contributed by atoms with Crippen molar-refractivity contribution in [2.24, 2.45) is 4.99 Å². The number of benzene rings is 2. The highest BCUT2D eigenvalue weighted by atomic mass is 127. The summed E-state index contributed by atoms with van der Waals surface area (Å²) in [5, 5.41) is 6.90. The summed E-state index contributed by atoms with van der Waals surface area (Å²) in [6.07, 6.45) is 2.49. The lowest BCUT2D eigenvalue weighted by Crippen LogP contribution is -2.42. The van der Waals surface area contributed by atoms with Gasteiger partial charge in [-0.2, -0.15) is 0 Å². The van der Waals surface area contributed by atoms with E-state index >= 15 is 0 Å². The molecule has 2 aromatic carbocycles. The van der Waals surface area contributed by atoms with Crippen LogP contribution in [0.3, 0.4) is 0 Å². The largest absolute Gasteiger partial charge is 0.497 e. The predicted octanol–water partition coefficient (Wildman–Crippen LogP) is 3.83. The number of methoxy groups -OCH3 is 3. The van der Waals surface area contributed by atoms with Gasteiger partial charge in [-0.25, -0.2) is 0 Å². The fraction of sp³-hybridized carbons (Fsp3) is 0.458. The standard InChI is InChI=1S/C24H34N4O3.HI/c1-25-24(26-16-19-8-7-9-22(30-3)23(19)31-4)27-17-21(28-14-5-6-15-28)18-10-12-20(29-2)13-11-18;/h7-13,21H,5-6,14-17H2,1-4H3,(H2,25,26,27);1H. The van der Waals surface area contributed by atoms with E-state index in [0.29, 0.717) is 6.54 Å². The lowest BCUT2D eigenvalue weighted by molar-refractivity contribution is 0.245. The van der Waals surface area contributed by atoms with E-state index in [4.69, 9.17) is 14.2 Å². The second kappa shape index (κ2) is 13.4. The number of hydrogen-bond acceptors (Lipinski definition) is 5. The molecule has 176 valence electrons. The number of halogens is 1. The van der Waals surface area contributed by atoms with Crippen LogP contribution in [0.2, 0.25) is 0 Å². The van der Waals surface area contributed by atoms with Gasteiger partial charge in [-0.05, 0) is 49.7 Å². The average Bonchev–Trinajstić information content (AvgIpc) is 3.35. The van der Waals surface area contributed by atoms with Gasteiger partial charge >= 0.3 is 0 Å². The van der Waals surface area contributed by atoms with E-state index in [1.54, 1.807) is 28.4 Å². The van der Waals surface area contributed by atoms with Crippen LogP contribution in [0.1, 0.15) is 30.0 Å². The topological polar surface area (TPSA) is 67.4 Å². The first-order chi connectivity index (χ1) is 15.2. The zero-order valence-electron chi connectivity index (χ0n) is 19.4. The number of nitrogens with zero attached hydrogens (tertiary/aromatic N) is 2. The lowest BCUT2D eigenvalue weighted by Gasteiger charge is -2.29. The molecule has 1 heterocycles. The third-order valence-electron chi connectivity index (χ3n) is 5.70. The number of nitrogens with one attached hydrogen (secondary N) is 2. The molecule has 2 aromatic rings. The minimum Gasteiger partial charge on any atom is -0.497 e. The number of guanidine groups is 1. The van der Waals surface area contributed by atoms with Crippen LogP contribution in [-0.4, -0.2) is 58.9 Å². The molecule has 3 rings (SSSR count). The molecule has 0 radical (unpaired) electrons. The maximum absolute atomic E-state index is 5.53. The van der Waals surface area contributed by atoms with Gasteiger partial charge in [-0.1, -0.05) is 24.3 Å². The third-order valence-corrected chi connectivity index (χ3v) is 5.70. The highest BCUT2D eigenvalue weighted by molar-refractivity contribution is 14.0. The van der Waals surface area contributed by atoms with Gasteiger partial charge in [-0.15, -0.1) is 24.0 Å². The Morgan fingerprint density at radius 2 is 1.69 bits per heavy atom. The van der Waals surface area contributed by atoms with Crippen molar-refractivity contribution in [3.63, 3.8) is 0 Å². The minimum atomic E-state index is 0. The number of aliphatic imine (C=N–C) groups is 1. The average molecular weight is 554 g/mol. The highest BCUT2D eigenvalue weighted by Crippen LogP contribution is 2.30. The number of para-hydroxylation sites is 1. The van der Waals surface area contributed by atoms with E-state index in [1.165, 1.54) is 18.4 Å². The van der Waals surface area contributed by atoms with Crippen molar-refractivity contribution in [2.75, 3.05) is 48.0 Å². The summed E-state index contributed by atoms with van der Waals surface area (Å²) < 4.78 is 16.3. The van der Waals surface area contributed by atoms with E-state index in [1.807, 2.05) is 30.3 Å². The van der Waals surface area contributed by atoms with Gasteiger partial charge < -0.3 is 24.8 Å². The Morgan fingerprint density at radius 1 is 0.969 bits per heavy atom. The number of likely N-dealkylation sites (tertiary alicyclic amines) is 1. The zero-order chi connectivity index (χ0) is 22.1. The second-order valence-electron chi connectivity index (χ2n) is 7.49. The maximum Gasteiger partial charge on any atom is 0.191 e. The van der Waals surface area contributed by atoms with E-state index in [0.717, 1.165) is 48.4 Å². The molecule has 2 N–H and O–H groups in total. The van der Waals surface area contributed by atoms with Crippen LogP contribution in [0.5, 0.6) is 17.2 Å². The summed E-state index contributed by atoms with van der Waals surface area (Å²) in [5.74, 6) is 3.09. The first-order valence-corrected chi connectivity index (χ1v) is 10.7. The molecule has 1 saturated heterocycles. The van der Waals surface area contributed by atoms with Crippen LogP contribution < -0.4 is 24.8 Å². The summed E-state index contributed by atoms with van der Waals surface area (Å²) in [4.78, 5) is 6.94. The SMILES string of the molecule is CN=C(NCc1cccc(OC)c1OC)NCC(c1ccc(OC)cc1)N1CCCC1.I. The molecule has 0 aliphatic carbocycles. The molecule has 0 saturated carbocycles. The summed E-state index contributed by atoms with van der Waals surface area (Å²) in [6, 6.07) is 14.5. The Bertz CT molecular complexity index is 855. The highest BCUT2D eigenvalue weighted by Gasteiger charge is 2.23. The smallest absolute Gasteiger partial charge is 0.191 e. The first-order valence-electron chi connectivity index (χ1n) is 10.7. The van der Waals surface area contributed by atoms with Crippen LogP contribution in [0, 0.1) is 0 Å². The molecule has 1 aliphatic heterocycles. The van der Waals surface area contributed by atoms with Gasteiger partial charge in [0.2, 0.25) is 0 Å². The van der Waals surface area contributed by atoms with E-state index in [2.05, 4.69) is 32.7 Å². The molecule has 1 aliphatic rings. The molecule has 7 nitrogen and oxygen atoms in total. The Morgan fingerprint density at radius 3 is 2.28 bits per heavy atom. The molecule has 0 bridgehead atoms. The van der Waals surface area contributed by atoms with E-state index in [-0.39, 0.29) is 30.0 Å². The quantitative estimate of drug-likeness (QED) is 0.279. The molecular weight excluding hydrogens is 519 g/mol. The van der Waals surface area contributed by atoms with Crippen molar-refractivity contribution in [1.82, 2.24) is 15.5 Å². The van der Waals surface area contributed by atoms with Gasteiger partial charge in [0.15, 0.2) is 17.5 Å². The number of ether oxygens (including phenoxy) is 3. The Kier molecular flexibility index (Phi) is 10.9. The molecule has 0 aromatic heterocycles. The third kappa shape index (κ3) is 6.65. The van der Waals surface area contributed by atoms with Crippen molar-refractivity contribution < 1.29 is 14.2 Å². The summed E-state index contributed by atoms with van der Waals surface area (Å²) in [6.45, 7) is 3.58. The lowest BCUT2D eigenvalue weighted by atomic mass is 10.1. The number of rotatable bonds is 9. The summed E-state index contributed by atoms with van der Waals surface area (Å²) >= 11 is 0. The summed E-state index contributed by atoms with van der Waals surface area (Å²) in [5.41, 5.74) is 2.29. The molecule has 32 heavy (non-hydrogen) atoms. The van der Waals surface area contributed by atoms with Crippen molar-refractivity contribution in [2.45, 2.75) is 25.4 Å². The van der Waals surface area contributed by atoms with Gasteiger partial charge in [0.1, 0.15) is 5.75 Å². The maximum atomic E-state index is 5.53. The van der Waals surface area contributed by atoms with Crippen LogP contribution in [-0.2, 0) is 6.54 Å². The molecule has 0 amide bonds. The Balaban J connectivity index is 0.00000363. The molecule has 1 atom stereocenters. The van der Waals surface area contributed by atoms with Crippen LogP contribution >= 0.6 is 24.0 Å². The van der Waals surface area contributed by atoms with Gasteiger partial charge in [0, 0.05) is 25.7 Å². The monoisotopic (exact) mass is 554 g/mol. The first kappa shape index (κ1) is 26.1. The molecule has 1 fully saturated rings. The van der Waals surface area contributed by atoms with Gasteiger partial charge in [0.05, 0.1) is 27.4 Å². The Hall–Kier alpha value is -2.20. The van der Waals surface area contributed by atoms with Crippen molar-refractivity contribution in [1.29, 1.82) is 0 Å². The van der Waals surface area contributed by atoms with Crippen molar-refractivity contribution in [3.8, 4) is 17.2 Å². The van der Waals surface area contributed by atoms with E-state index < -0.39 is 0 Å². The minimum absolute atomic E-state index is 0. The number of hydrogen-bond donors (Lipinski definition) is 2. The van der Waals surface area contributed by atoms with Crippen LogP contribution in [0.25, 0.3) is 0 Å². The van der Waals surface area contributed by atoms with Crippen molar-refractivity contribution in [3.05, 3.63) is 53.6 Å². The Labute approximate surface area is 208 Å². The molecular formula is C24H35IN4O3. The van der Waals surface area contributed by atoms with Crippen LogP contribution in [0.15, 0.2) is 47.5 Å². The molecule has 1 unspecified atom stereocenters. The van der Waals surface area contributed by atoms with Crippen LogP contribution in [0.4, 0.5) is 0 Å². The van der Waals surface area contributed by atoms with E-state index in [9.17, 15) is 0 Å². The fourth-order valence-electron chi connectivity index (χ4n) is 4.02. The zero-order valence-corrected chi connectivity index (χ0v) is 21.7. The summed E-state index contributed by atoms with van der Waals surface area (Å²) in [7, 11) is 6.79. The fourth-order valence-corrected chi connectivity index (χ4v) is 4.02. The molecule has 8 heteroatoms.